The van der Waals surface area contributed by atoms with Crippen LogP contribution in [0.15, 0.2) is 17.2 Å². The quantitative estimate of drug-likeness (QED) is 0.514. The Hall–Kier alpha value is -1.35. The Morgan fingerprint density at radius 2 is 2.18 bits per heavy atom. The van der Waals surface area contributed by atoms with Gasteiger partial charge in [-0.2, -0.15) is 13.2 Å². The fraction of sp³-hybridized carbons (Fsp3) is 0.375. The number of alkyl halides is 3. The number of halogens is 3. The molecular weight excluding hydrogens is 261 g/mol. The number of thioether (sulfide) groups is 1. The molecule has 0 amide bonds. The van der Waals surface area contributed by atoms with Gasteiger partial charge in [0.25, 0.3) is 0 Å². The van der Waals surface area contributed by atoms with Crippen LogP contribution in [0.25, 0.3) is 0 Å². The number of aliphatic hydroxyl groups excluding tert-OH is 1. The summed E-state index contributed by atoms with van der Waals surface area (Å²) < 4.78 is 37.0. The fourth-order valence-electron chi connectivity index (χ4n) is 0.993. The highest BCUT2D eigenvalue weighted by Gasteiger charge is 2.34. The molecule has 0 radical (unpaired) electrons. The van der Waals surface area contributed by atoms with Gasteiger partial charge in [0.15, 0.2) is 0 Å². The van der Waals surface area contributed by atoms with Crippen LogP contribution in [0.5, 0.6) is 0 Å². The van der Waals surface area contributed by atoms with Crippen LogP contribution in [0.1, 0.15) is 5.69 Å². The largest absolute Gasteiger partial charge is 0.433 e. The number of hydrogen-bond acceptors (Lipinski definition) is 5. The maximum Gasteiger partial charge on any atom is 0.433 e. The Morgan fingerprint density at radius 3 is 2.65 bits per heavy atom. The molecule has 0 aliphatic heterocycles. The highest BCUT2D eigenvalue weighted by atomic mass is 32.2. The van der Waals surface area contributed by atoms with E-state index in [0.717, 1.165) is 11.8 Å². The molecule has 17 heavy (non-hydrogen) atoms. The second-order valence-corrected chi connectivity index (χ2v) is 4.00. The van der Waals surface area contributed by atoms with Crippen LogP contribution in [-0.4, -0.2) is 27.4 Å². The first-order chi connectivity index (χ1) is 7.86. The van der Waals surface area contributed by atoms with Gasteiger partial charge in [0.1, 0.15) is 11.9 Å². The van der Waals surface area contributed by atoms with Gasteiger partial charge in [-0.1, -0.05) is 0 Å². The molecule has 94 valence electrons. The third-order valence-electron chi connectivity index (χ3n) is 1.68. The molecule has 0 bridgehead atoms. The standard InChI is InChI=1S/C8H7F3N2O3S/c9-8(10,11)7-3-6(17-2-1-14)5(4-12-7)13(15)16/h3-4,14H,1-2H2. The lowest BCUT2D eigenvalue weighted by molar-refractivity contribution is -0.388. The Kier molecular flexibility index (Phi) is 4.29. The van der Waals surface area contributed by atoms with Crippen LogP contribution < -0.4 is 0 Å². The Labute approximate surface area is 97.8 Å². The zero-order chi connectivity index (χ0) is 13.1. The van der Waals surface area contributed by atoms with Gasteiger partial charge in [0, 0.05) is 5.75 Å². The van der Waals surface area contributed by atoms with E-state index in [1.165, 1.54) is 0 Å². The topological polar surface area (TPSA) is 76.3 Å². The van der Waals surface area contributed by atoms with Crippen molar-refractivity contribution in [3.63, 3.8) is 0 Å². The molecule has 0 aromatic carbocycles. The molecule has 0 fully saturated rings. The number of nitro groups is 1. The lowest BCUT2D eigenvalue weighted by Crippen LogP contribution is -2.08. The molecule has 5 nitrogen and oxygen atoms in total. The van der Waals surface area contributed by atoms with E-state index in [4.69, 9.17) is 5.11 Å². The third-order valence-corrected chi connectivity index (χ3v) is 2.71. The predicted octanol–water partition coefficient (Wildman–Crippen LogP) is 2.09. The number of rotatable bonds is 4. The highest BCUT2D eigenvalue weighted by Crippen LogP contribution is 2.34. The Morgan fingerprint density at radius 1 is 1.53 bits per heavy atom. The summed E-state index contributed by atoms with van der Waals surface area (Å²) in [6.45, 7) is -0.286. The number of pyridine rings is 1. The monoisotopic (exact) mass is 268 g/mol. The Bertz CT molecular complexity index is 425. The molecule has 1 N–H and O–H groups in total. The third kappa shape index (κ3) is 3.56. The summed E-state index contributed by atoms with van der Waals surface area (Å²) in [5.74, 6) is 0.0716. The summed E-state index contributed by atoms with van der Waals surface area (Å²) in [7, 11) is 0. The second-order valence-electron chi connectivity index (χ2n) is 2.86. The van der Waals surface area contributed by atoms with E-state index in [9.17, 15) is 23.3 Å². The fourth-order valence-corrected chi connectivity index (χ4v) is 1.77. The first kappa shape index (κ1) is 13.7. The summed E-state index contributed by atoms with van der Waals surface area (Å²) in [6, 6.07) is 0.610. The van der Waals surface area contributed by atoms with Crippen molar-refractivity contribution in [1.82, 2.24) is 4.98 Å². The molecule has 0 saturated carbocycles. The Balaban J connectivity index is 3.14. The van der Waals surface area contributed by atoms with Crippen LogP contribution in [0.4, 0.5) is 18.9 Å². The van der Waals surface area contributed by atoms with Gasteiger partial charge in [0.2, 0.25) is 0 Å². The molecule has 1 heterocycles. The molecule has 9 heteroatoms. The van der Waals surface area contributed by atoms with E-state index >= 15 is 0 Å². The van der Waals surface area contributed by atoms with Crippen LogP contribution in [0, 0.1) is 10.1 Å². The van der Waals surface area contributed by atoms with Gasteiger partial charge in [-0.05, 0) is 6.07 Å². The molecule has 0 unspecified atom stereocenters. The molecule has 0 atom stereocenters. The molecule has 0 saturated heterocycles. The van der Waals surface area contributed by atoms with Gasteiger partial charge < -0.3 is 5.11 Å². The van der Waals surface area contributed by atoms with E-state index < -0.39 is 22.5 Å². The molecule has 0 spiro atoms. The average molecular weight is 268 g/mol. The number of hydrogen-bond donors (Lipinski definition) is 1. The molecule has 1 aromatic rings. The van der Waals surface area contributed by atoms with Gasteiger partial charge in [0.05, 0.1) is 16.4 Å². The zero-order valence-electron chi connectivity index (χ0n) is 8.27. The van der Waals surface area contributed by atoms with Crippen molar-refractivity contribution in [2.24, 2.45) is 0 Å². The van der Waals surface area contributed by atoms with E-state index in [1.54, 1.807) is 0 Å². The summed E-state index contributed by atoms with van der Waals surface area (Å²) in [6.07, 6.45) is -4.08. The molecule has 1 rings (SSSR count). The van der Waals surface area contributed by atoms with Crippen LogP contribution in [0.3, 0.4) is 0 Å². The van der Waals surface area contributed by atoms with Crippen molar-refractivity contribution in [2.45, 2.75) is 11.1 Å². The highest BCUT2D eigenvalue weighted by molar-refractivity contribution is 7.99. The number of nitrogens with zero attached hydrogens (tertiary/aromatic N) is 2. The van der Waals surface area contributed by atoms with Crippen molar-refractivity contribution in [3.8, 4) is 0 Å². The van der Waals surface area contributed by atoms with Crippen molar-refractivity contribution in [1.29, 1.82) is 0 Å². The molecule has 1 aromatic heterocycles. The lowest BCUT2D eigenvalue weighted by atomic mass is 10.3. The smallest absolute Gasteiger partial charge is 0.396 e. The molecular formula is C8H7F3N2O3S. The first-order valence-electron chi connectivity index (χ1n) is 4.31. The normalized spacial score (nSPS) is 11.5. The lowest BCUT2D eigenvalue weighted by Gasteiger charge is -2.07. The van der Waals surface area contributed by atoms with Gasteiger partial charge in [-0.15, -0.1) is 11.8 Å². The van der Waals surface area contributed by atoms with Crippen LogP contribution in [-0.2, 0) is 6.18 Å². The van der Waals surface area contributed by atoms with Crippen LogP contribution in [0.2, 0.25) is 0 Å². The van der Waals surface area contributed by atoms with E-state index in [2.05, 4.69) is 4.98 Å². The molecule has 0 aliphatic carbocycles. The minimum Gasteiger partial charge on any atom is -0.396 e. The summed E-state index contributed by atoms with van der Waals surface area (Å²) in [5.41, 5.74) is -1.69. The summed E-state index contributed by atoms with van der Waals surface area (Å²) >= 11 is 0.774. The van der Waals surface area contributed by atoms with Crippen molar-refractivity contribution >= 4 is 17.4 Å². The van der Waals surface area contributed by atoms with Crippen molar-refractivity contribution in [2.75, 3.05) is 12.4 Å². The van der Waals surface area contributed by atoms with Gasteiger partial charge in [-0.3, -0.25) is 10.1 Å². The predicted molar refractivity (Wildman–Crippen MR) is 53.7 cm³/mol. The maximum absolute atomic E-state index is 12.3. The van der Waals surface area contributed by atoms with E-state index in [0.29, 0.717) is 12.3 Å². The number of aliphatic hydroxyl groups is 1. The second kappa shape index (κ2) is 5.32. The minimum atomic E-state index is -4.65. The maximum atomic E-state index is 12.3. The first-order valence-corrected chi connectivity index (χ1v) is 5.30. The zero-order valence-corrected chi connectivity index (χ0v) is 9.09. The van der Waals surface area contributed by atoms with Gasteiger partial charge in [-0.25, -0.2) is 4.98 Å². The average Bonchev–Trinajstić information content (AvgIpc) is 2.24. The minimum absolute atomic E-state index is 0.0716. The van der Waals surface area contributed by atoms with E-state index in [-0.39, 0.29) is 17.3 Å². The van der Waals surface area contributed by atoms with Crippen LogP contribution >= 0.6 is 11.8 Å². The number of aromatic nitrogens is 1. The van der Waals surface area contributed by atoms with Gasteiger partial charge >= 0.3 is 11.9 Å². The summed E-state index contributed by atoms with van der Waals surface area (Å²) in [4.78, 5) is 12.6. The molecule has 0 aliphatic rings. The van der Waals surface area contributed by atoms with Crippen molar-refractivity contribution < 1.29 is 23.2 Å². The SMILES string of the molecule is O=[N+]([O-])c1cnc(C(F)(F)F)cc1SCCO. The van der Waals surface area contributed by atoms with Crippen molar-refractivity contribution in [3.05, 3.63) is 28.1 Å². The summed E-state index contributed by atoms with van der Waals surface area (Å²) in [5, 5.41) is 19.1. The van der Waals surface area contributed by atoms with E-state index in [1.807, 2.05) is 0 Å².